The van der Waals surface area contributed by atoms with Gasteiger partial charge in [0.05, 0.1) is 4.91 Å². The quantitative estimate of drug-likeness (QED) is 0.527. The molecule has 1 saturated heterocycles. The Morgan fingerprint density at radius 1 is 1.19 bits per heavy atom. The number of benzene rings is 2. The third-order valence-corrected chi connectivity index (χ3v) is 5.08. The highest BCUT2D eigenvalue weighted by Gasteiger charge is 2.36. The molecule has 0 aromatic heterocycles. The van der Waals surface area contributed by atoms with Crippen molar-refractivity contribution in [2.24, 2.45) is 0 Å². The summed E-state index contributed by atoms with van der Waals surface area (Å²) in [6.07, 6.45) is 1.62. The fourth-order valence-corrected chi connectivity index (χ4v) is 3.45. The molecule has 0 radical (unpaired) electrons. The van der Waals surface area contributed by atoms with Crippen LogP contribution in [0.1, 0.15) is 5.56 Å². The van der Waals surface area contributed by atoms with E-state index in [9.17, 15) is 18.8 Å². The number of carbonyl (C=O) groups excluding carboxylic acids is 3. The molecule has 1 fully saturated rings. The van der Waals surface area contributed by atoms with Crippen LogP contribution in [-0.2, 0) is 9.59 Å². The number of nitrogens with one attached hydrogen (secondary N) is 1. The molecule has 26 heavy (non-hydrogen) atoms. The van der Waals surface area contributed by atoms with Gasteiger partial charge in [0.2, 0.25) is 5.91 Å². The average molecular weight is 482 g/mol. The summed E-state index contributed by atoms with van der Waals surface area (Å²) in [7, 11) is 0. The summed E-state index contributed by atoms with van der Waals surface area (Å²) in [5, 5.41) is 1.95. The molecule has 1 aliphatic rings. The van der Waals surface area contributed by atoms with E-state index < -0.39 is 29.4 Å². The average Bonchev–Trinajstić information content (AvgIpc) is 2.84. The van der Waals surface area contributed by atoms with Gasteiger partial charge in [-0.1, -0.05) is 18.2 Å². The van der Waals surface area contributed by atoms with Crippen LogP contribution in [0.15, 0.2) is 53.4 Å². The van der Waals surface area contributed by atoms with Crippen molar-refractivity contribution in [3.63, 3.8) is 0 Å². The van der Waals surface area contributed by atoms with Crippen LogP contribution in [0.2, 0.25) is 0 Å². The number of halogens is 2. The van der Waals surface area contributed by atoms with Gasteiger partial charge in [-0.05, 0) is 76.3 Å². The van der Waals surface area contributed by atoms with Crippen LogP contribution < -0.4 is 5.32 Å². The van der Waals surface area contributed by atoms with Gasteiger partial charge in [0.25, 0.3) is 11.1 Å². The van der Waals surface area contributed by atoms with E-state index in [-0.39, 0.29) is 10.6 Å². The van der Waals surface area contributed by atoms with Crippen molar-refractivity contribution in [3.05, 3.63) is 68.4 Å². The molecule has 2 aromatic carbocycles. The van der Waals surface area contributed by atoms with E-state index in [1.54, 1.807) is 6.08 Å². The summed E-state index contributed by atoms with van der Waals surface area (Å²) in [6.45, 7) is -0.425. The maximum atomic E-state index is 13.1. The molecule has 0 atom stereocenters. The predicted molar refractivity (Wildman–Crippen MR) is 107 cm³/mol. The Hall–Kier alpha value is -2.20. The highest BCUT2D eigenvalue weighted by Crippen LogP contribution is 2.32. The monoisotopic (exact) mass is 482 g/mol. The lowest BCUT2D eigenvalue weighted by molar-refractivity contribution is -0.127. The van der Waals surface area contributed by atoms with Gasteiger partial charge in [0.1, 0.15) is 12.4 Å². The highest BCUT2D eigenvalue weighted by atomic mass is 127. The van der Waals surface area contributed by atoms with E-state index in [2.05, 4.69) is 27.9 Å². The van der Waals surface area contributed by atoms with Crippen LogP contribution >= 0.6 is 34.4 Å². The number of thioether (sulfide) groups is 1. The highest BCUT2D eigenvalue weighted by molar-refractivity contribution is 14.1. The number of carbonyl (C=O) groups is 3. The molecule has 2 aromatic rings. The van der Waals surface area contributed by atoms with Gasteiger partial charge in [-0.3, -0.25) is 19.3 Å². The fraction of sp³-hybridized carbons (Fsp3) is 0.0556. The zero-order valence-electron chi connectivity index (χ0n) is 13.2. The molecule has 3 amide bonds. The first-order valence-corrected chi connectivity index (χ1v) is 9.38. The molecule has 0 unspecified atom stereocenters. The molecule has 1 heterocycles. The standard InChI is InChI=1S/C18H12FIN2O3S/c19-12-2-1-3-14(9-12)21-16(23)10-22-17(24)15(26-18(22)25)8-11-4-6-13(20)7-5-11/h1-9H,10H2,(H,21,23)/b15-8+. The number of hydrogen-bond acceptors (Lipinski definition) is 4. The maximum Gasteiger partial charge on any atom is 0.294 e. The molecule has 132 valence electrons. The zero-order chi connectivity index (χ0) is 18.7. The van der Waals surface area contributed by atoms with Crippen molar-refractivity contribution in [2.75, 3.05) is 11.9 Å². The van der Waals surface area contributed by atoms with Crippen LogP contribution in [0.5, 0.6) is 0 Å². The Bertz CT molecular complexity index is 915. The van der Waals surface area contributed by atoms with Gasteiger partial charge in [-0.15, -0.1) is 0 Å². The Balaban J connectivity index is 1.69. The summed E-state index contributed by atoms with van der Waals surface area (Å²) >= 11 is 2.96. The third kappa shape index (κ3) is 4.50. The summed E-state index contributed by atoms with van der Waals surface area (Å²) < 4.78 is 14.2. The molecular formula is C18H12FIN2O3S. The van der Waals surface area contributed by atoms with E-state index in [0.29, 0.717) is 0 Å². The first-order valence-electron chi connectivity index (χ1n) is 7.49. The molecule has 8 heteroatoms. The number of rotatable bonds is 4. The minimum absolute atomic E-state index is 0.259. The molecule has 0 bridgehead atoms. The smallest absolute Gasteiger partial charge is 0.294 e. The molecular weight excluding hydrogens is 470 g/mol. The summed E-state index contributed by atoms with van der Waals surface area (Å²) in [6, 6.07) is 12.8. The Morgan fingerprint density at radius 2 is 1.92 bits per heavy atom. The second-order valence-corrected chi connectivity index (χ2v) is 7.62. The van der Waals surface area contributed by atoms with Gasteiger partial charge in [0.15, 0.2) is 0 Å². The van der Waals surface area contributed by atoms with Crippen LogP contribution in [0.25, 0.3) is 6.08 Å². The Labute approximate surface area is 166 Å². The lowest BCUT2D eigenvalue weighted by Gasteiger charge is -2.12. The van der Waals surface area contributed by atoms with Crippen molar-refractivity contribution in [1.29, 1.82) is 0 Å². The third-order valence-electron chi connectivity index (χ3n) is 3.45. The largest absolute Gasteiger partial charge is 0.324 e. The van der Waals surface area contributed by atoms with Crippen LogP contribution in [-0.4, -0.2) is 28.5 Å². The second-order valence-electron chi connectivity index (χ2n) is 5.38. The van der Waals surface area contributed by atoms with E-state index in [4.69, 9.17) is 0 Å². The van der Waals surface area contributed by atoms with Crippen LogP contribution in [0.3, 0.4) is 0 Å². The molecule has 5 nitrogen and oxygen atoms in total. The minimum Gasteiger partial charge on any atom is -0.324 e. The van der Waals surface area contributed by atoms with Gasteiger partial charge < -0.3 is 5.32 Å². The first kappa shape index (κ1) is 18.6. The van der Waals surface area contributed by atoms with Crippen LogP contribution in [0, 0.1) is 9.39 Å². The lowest BCUT2D eigenvalue weighted by Crippen LogP contribution is -2.36. The normalized spacial score (nSPS) is 15.6. The molecule has 0 aliphatic carbocycles. The Morgan fingerprint density at radius 3 is 2.62 bits per heavy atom. The zero-order valence-corrected chi connectivity index (χ0v) is 16.2. The fourth-order valence-electron chi connectivity index (χ4n) is 2.26. The van der Waals surface area contributed by atoms with Crippen molar-refractivity contribution in [1.82, 2.24) is 4.90 Å². The van der Waals surface area contributed by atoms with Crippen molar-refractivity contribution >= 4 is 63.2 Å². The van der Waals surface area contributed by atoms with Gasteiger partial charge in [-0.2, -0.15) is 0 Å². The molecule has 3 rings (SSSR count). The summed E-state index contributed by atoms with van der Waals surface area (Å²) in [5.74, 6) is -1.59. The number of amides is 3. The van der Waals surface area contributed by atoms with E-state index >= 15 is 0 Å². The van der Waals surface area contributed by atoms with Gasteiger partial charge in [0, 0.05) is 9.26 Å². The first-order chi connectivity index (χ1) is 12.4. The van der Waals surface area contributed by atoms with Crippen molar-refractivity contribution in [2.45, 2.75) is 0 Å². The number of hydrogen-bond donors (Lipinski definition) is 1. The number of nitrogens with zero attached hydrogens (tertiary/aromatic N) is 1. The summed E-state index contributed by atoms with van der Waals surface area (Å²) in [4.78, 5) is 37.7. The van der Waals surface area contributed by atoms with Crippen LogP contribution in [0.4, 0.5) is 14.9 Å². The number of imide groups is 1. The Kier molecular flexibility index (Phi) is 5.72. The predicted octanol–water partition coefficient (Wildman–Crippen LogP) is 4.11. The maximum absolute atomic E-state index is 13.1. The van der Waals surface area contributed by atoms with Gasteiger partial charge in [-0.25, -0.2) is 4.39 Å². The number of anilines is 1. The molecule has 0 saturated carbocycles. The lowest BCUT2D eigenvalue weighted by atomic mass is 10.2. The van der Waals surface area contributed by atoms with Crippen molar-refractivity contribution in [3.8, 4) is 0 Å². The van der Waals surface area contributed by atoms with E-state index in [0.717, 1.165) is 31.9 Å². The minimum atomic E-state index is -0.576. The molecule has 0 spiro atoms. The SMILES string of the molecule is O=C(CN1C(=O)S/C(=C/c2ccc(I)cc2)C1=O)Nc1cccc(F)c1. The molecule has 1 aliphatic heterocycles. The van der Waals surface area contributed by atoms with E-state index in [1.807, 2.05) is 24.3 Å². The topological polar surface area (TPSA) is 66.5 Å². The van der Waals surface area contributed by atoms with Gasteiger partial charge >= 0.3 is 0 Å². The second kappa shape index (κ2) is 8.00. The van der Waals surface area contributed by atoms with Crippen molar-refractivity contribution < 1.29 is 18.8 Å². The molecule has 1 N–H and O–H groups in total. The summed E-state index contributed by atoms with van der Waals surface area (Å²) in [5.41, 5.74) is 1.05. The van der Waals surface area contributed by atoms with E-state index in [1.165, 1.54) is 18.2 Å².